The van der Waals surface area contributed by atoms with E-state index < -0.39 is 0 Å². The second-order valence-electron chi connectivity index (χ2n) is 5.56. The molecule has 0 saturated heterocycles. The molecule has 0 atom stereocenters. The van der Waals surface area contributed by atoms with E-state index in [0.717, 1.165) is 17.9 Å². The van der Waals surface area contributed by atoms with Crippen molar-refractivity contribution < 1.29 is 9.53 Å². The Morgan fingerprint density at radius 2 is 1.83 bits per heavy atom. The fourth-order valence-corrected chi connectivity index (χ4v) is 2.62. The van der Waals surface area contributed by atoms with E-state index in [-0.39, 0.29) is 12.0 Å². The summed E-state index contributed by atoms with van der Waals surface area (Å²) in [6.07, 6.45) is 3.17. The Hall–Kier alpha value is -1.94. The molecular weight excluding hydrogens is 306 g/mol. The molecule has 3 nitrogen and oxygen atoms in total. The summed E-state index contributed by atoms with van der Waals surface area (Å²) in [6.45, 7) is 3.89. The molecule has 0 saturated carbocycles. The molecule has 0 fully saturated rings. The standard InChI is InChI=1S/C19H23NO2S/c1-14(2)22-18-7-5-4-6-17(18)19(21)20-16-10-8-15(9-11-16)12-13-23-3/h4-11,14H,12-13H2,1-3H3,(H,20,21). The highest BCUT2D eigenvalue weighted by Crippen LogP contribution is 2.21. The van der Waals surface area contributed by atoms with Gasteiger partial charge in [0.15, 0.2) is 0 Å². The van der Waals surface area contributed by atoms with Crippen LogP contribution in [0.15, 0.2) is 48.5 Å². The topological polar surface area (TPSA) is 38.3 Å². The number of hydrogen-bond acceptors (Lipinski definition) is 3. The first-order chi connectivity index (χ1) is 11.1. The molecule has 0 radical (unpaired) electrons. The molecule has 2 rings (SSSR count). The number of nitrogens with one attached hydrogen (secondary N) is 1. The highest BCUT2D eigenvalue weighted by Gasteiger charge is 2.13. The number of carbonyl (C=O) groups excluding carboxylic acids is 1. The minimum absolute atomic E-state index is 0.0275. The van der Waals surface area contributed by atoms with Crippen LogP contribution in [0, 0.1) is 0 Å². The van der Waals surface area contributed by atoms with Crippen molar-refractivity contribution in [2.45, 2.75) is 26.4 Å². The Morgan fingerprint density at radius 3 is 2.48 bits per heavy atom. The summed E-state index contributed by atoms with van der Waals surface area (Å²) >= 11 is 1.83. The van der Waals surface area contributed by atoms with Crippen molar-refractivity contribution in [2.75, 3.05) is 17.3 Å². The zero-order chi connectivity index (χ0) is 16.7. The van der Waals surface area contributed by atoms with Crippen LogP contribution in [-0.4, -0.2) is 24.0 Å². The Bertz CT molecular complexity index is 638. The lowest BCUT2D eigenvalue weighted by atomic mass is 10.1. The molecule has 0 unspecified atom stereocenters. The molecular formula is C19H23NO2S. The van der Waals surface area contributed by atoms with E-state index in [1.807, 2.05) is 55.9 Å². The van der Waals surface area contributed by atoms with Gasteiger partial charge in [0.05, 0.1) is 11.7 Å². The Labute approximate surface area is 142 Å². The van der Waals surface area contributed by atoms with Gasteiger partial charge < -0.3 is 10.1 Å². The fourth-order valence-electron chi connectivity index (χ4n) is 2.18. The van der Waals surface area contributed by atoms with Crippen LogP contribution >= 0.6 is 11.8 Å². The second-order valence-corrected chi connectivity index (χ2v) is 6.54. The molecule has 1 N–H and O–H groups in total. The zero-order valence-corrected chi connectivity index (χ0v) is 14.7. The predicted octanol–water partition coefficient (Wildman–Crippen LogP) is 4.63. The molecule has 2 aromatic carbocycles. The first kappa shape index (κ1) is 17.4. The lowest BCUT2D eigenvalue weighted by Gasteiger charge is -2.14. The van der Waals surface area contributed by atoms with E-state index in [1.165, 1.54) is 5.56 Å². The van der Waals surface area contributed by atoms with Gasteiger partial charge in [-0.1, -0.05) is 24.3 Å². The SMILES string of the molecule is CSCCc1ccc(NC(=O)c2ccccc2OC(C)C)cc1. The highest BCUT2D eigenvalue weighted by molar-refractivity contribution is 7.98. The first-order valence-electron chi connectivity index (χ1n) is 7.75. The summed E-state index contributed by atoms with van der Waals surface area (Å²) in [5, 5.41) is 2.93. The van der Waals surface area contributed by atoms with E-state index in [9.17, 15) is 4.79 Å². The molecule has 0 heterocycles. The van der Waals surface area contributed by atoms with Crippen molar-refractivity contribution in [1.29, 1.82) is 0 Å². The van der Waals surface area contributed by atoms with Gasteiger partial charge in [0.1, 0.15) is 5.75 Å². The zero-order valence-electron chi connectivity index (χ0n) is 13.8. The van der Waals surface area contributed by atoms with Crippen LogP contribution in [0.2, 0.25) is 0 Å². The molecule has 122 valence electrons. The number of para-hydroxylation sites is 1. The third-order valence-electron chi connectivity index (χ3n) is 3.30. The summed E-state index contributed by atoms with van der Waals surface area (Å²) in [6, 6.07) is 15.3. The van der Waals surface area contributed by atoms with Crippen LogP contribution in [0.4, 0.5) is 5.69 Å². The number of rotatable bonds is 7. The second kappa shape index (κ2) is 8.63. The average molecular weight is 329 g/mol. The maximum atomic E-state index is 12.5. The number of aryl methyl sites for hydroxylation is 1. The monoisotopic (exact) mass is 329 g/mol. The smallest absolute Gasteiger partial charge is 0.259 e. The summed E-state index contributed by atoms with van der Waals surface area (Å²) in [7, 11) is 0. The van der Waals surface area contributed by atoms with Gasteiger partial charge in [-0.15, -0.1) is 0 Å². The first-order valence-corrected chi connectivity index (χ1v) is 9.14. The number of ether oxygens (including phenoxy) is 1. The molecule has 23 heavy (non-hydrogen) atoms. The number of amides is 1. The molecule has 0 spiro atoms. The summed E-state index contributed by atoms with van der Waals surface area (Å²) in [5.74, 6) is 1.56. The molecule has 0 aliphatic heterocycles. The van der Waals surface area contributed by atoms with Gasteiger partial charge in [-0.25, -0.2) is 0 Å². The number of hydrogen-bond donors (Lipinski definition) is 1. The normalized spacial score (nSPS) is 10.6. The molecule has 0 aliphatic carbocycles. The van der Waals surface area contributed by atoms with Crippen molar-refractivity contribution in [3.8, 4) is 5.75 Å². The minimum atomic E-state index is -0.155. The highest BCUT2D eigenvalue weighted by atomic mass is 32.2. The lowest BCUT2D eigenvalue weighted by Crippen LogP contribution is -2.15. The van der Waals surface area contributed by atoms with Gasteiger partial charge in [-0.05, 0) is 62.1 Å². The maximum Gasteiger partial charge on any atom is 0.259 e. The number of anilines is 1. The van der Waals surface area contributed by atoms with Gasteiger partial charge in [-0.2, -0.15) is 11.8 Å². The number of carbonyl (C=O) groups is 1. The maximum absolute atomic E-state index is 12.5. The van der Waals surface area contributed by atoms with Crippen molar-refractivity contribution in [3.63, 3.8) is 0 Å². The van der Waals surface area contributed by atoms with Gasteiger partial charge in [0, 0.05) is 5.69 Å². The Balaban J connectivity index is 2.07. The summed E-state index contributed by atoms with van der Waals surface area (Å²) in [4.78, 5) is 12.5. The van der Waals surface area contributed by atoms with E-state index in [1.54, 1.807) is 6.07 Å². The van der Waals surface area contributed by atoms with Crippen LogP contribution in [0.3, 0.4) is 0 Å². The van der Waals surface area contributed by atoms with E-state index in [0.29, 0.717) is 11.3 Å². The van der Waals surface area contributed by atoms with Crippen molar-refractivity contribution in [2.24, 2.45) is 0 Å². The third-order valence-corrected chi connectivity index (χ3v) is 3.91. The van der Waals surface area contributed by atoms with Crippen LogP contribution in [-0.2, 0) is 6.42 Å². The Kier molecular flexibility index (Phi) is 6.53. The van der Waals surface area contributed by atoms with E-state index in [4.69, 9.17) is 4.74 Å². The van der Waals surface area contributed by atoms with Crippen molar-refractivity contribution in [3.05, 3.63) is 59.7 Å². The molecule has 0 bridgehead atoms. The van der Waals surface area contributed by atoms with Gasteiger partial charge >= 0.3 is 0 Å². The van der Waals surface area contributed by atoms with E-state index >= 15 is 0 Å². The average Bonchev–Trinajstić information content (AvgIpc) is 2.54. The predicted molar refractivity (Wildman–Crippen MR) is 98.7 cm³/mol. The van der Waals surface area contributed by atoms with E-state index in [2.05, 4.69) is 23.7 Å². The quantitative estimate of drug-likeness (QED) is 0.805. The largest absolute Gasteiger partial charge is 0.490 e. The molecule has 1 amide bonds. The van der Waals surface area contributed by atoms with Gasteiger partial charge in [0.25, 0.3) is 5.91 Å². The third kappa shape index (κ3) is 5.32. The fraction of sp³-hybridized carbons (Fsp3) is 0.316. The van der Waals surface area contributed by atoms with Crippen molar-refractivity contribution >= 4 is 23.4 Å². The molecule has 0 aromatic heterocycles. The van der Waals surface area contributed by atoms with Gasteiger partial charge in [-0.3, -0.25) is 4.79 Å². The lowest BCUT2D eigenvalue weighted by molar-refractivity contribution is 0.102. The molecule has 4 heteroatoms. The van der Waals surface area contributed by atoms with Gasteiger partial charge in [0.2, 0.25) is 0 Å². The van der Waals surface area contributed by atoms with Crippen LogP contribution in [0.1, 0.15) is 29.8 Å². The summed E-state index contributed by atoms with van der Waals surface area (Å²) in [5.41, 5.74) is 2.62. The Morgan fingerprint density at radius 1 is 1.13 bits per heavy atom. The molecule has 0 aliphatic rings. The van der Waals surface area contributed by atoms with Crippen LogP contribution in [0.5, 0.6) is 5.75 Å². The number of thioether (sulfide) groups is 1. The minimum Gasteiger partial charge on any atom is -0.490 e. The van der Waals surface area contributed by atoms with Crippen LogP contribution < -0.4 is 10.1 Å². The van der Waals surface area contributed by atoms with Crippen molar-refractivity contribution in [1.82, 2.24) is 0 Å². The molecule has 2 aromatic rings. The summed E-state index contributed by atoms with van der Waals surface area (Å²) < 4.78 is 5.70. The van der Waals surface area contributed by atoms with Crippen LogP contribution in [0.25, 0.3) is 0 Å². The number of benzene rings is 2.